The van der Waals surface area contributed by atoms with Gasteiger partial charge in [-0.3, -0.25) is 39.8 Å². The monoisotopic (exact) mass is 957 g/mol. The molecule has 1 saturated carbocycles. The fraction of sp³-hybridized carbons (Fsp3) is 0.216. The molecule has 3 aliphatic rings. The Morgan fingerprint density at radius 1 is 0.696 bits per heavy atom. The predicted molar refractivity (Wildman–Crippen MR) is 271 cm³/mol. The van der Waals surface area contributed by atoms with Crippen LogP contribution in [0.5, 0.6) is 17.2 Å². The number of anilines is 1. The maximum Gasteiger partial charge on any atom is 0.259 e. The molecule has 0 radical (unpaired) electrons. The molecule has 3 N–H and O–H groups in total. The van der Waals surface area contributed by atoms with Crippen LogP contribution in [0.4, 0.5) is 5.13 Å². The van der Waals surface area contributed by atoms with Gasteiger partial charge in [0.15, 0.2) is 16.5 Å². The minimum atomic E-state index is -0.309. The highest BCUT2D eigenvalue weighted by molar-refractivity contribution is 8.27. The van der Waals surface area contributed by atoms with Crippen molar-refractivity contribution >= 4 is 60.5 Å². The number of methoxy groups -OCH3 is 3. The van der Waals surface area contributed by atoms with E-state index in [9.17, 15) is 9.59 Å². The van der Waals surface area contributed by atoms with Gasteiger partial charge in [0.05, 0.1) is 67.1 Å². The summed E-state index contributed by atoms with van der Waals surface area (Å²) in [5.74, 6) is 2.05. The number of nitrogens with one attached hydrogen (secondary N) is 3. The number of amides is 2. The summed E-state index contributed by atoms with van der Waals surface area (Å²) in [6.45, 7) is 7.57. The normalized spacial score (nSPS) is 14.9. The molecule has 1 aliphatic carbocycles. The van der Waals surface area contributed by atoms with Crippen molar-refractivity contribution in [2.75, 3.05) is 26.6 Å². The number of allylic oxidation sites excluding steroid dienone is 2. The van der Waals surface area contributed by atoms with Gasteiger partial charge < -0.3 is 24.8 Å². The van der Waals surface area contributed by atoms with E-state index in [0.29, 0.717) is 49.9 Å². The molecular weight excluding hydrogens is 911 g/mol. The van der Waals surface area contributed by atoms with Crippen molar-refractivity contribution in [3.63, 3.8) is 0 Å². The number of ether oxygens (including phenoxy) is 3. The topological polar surface area (TPSA) is 200 Å². The Hall–Kier alpha value is -7.83. The standard InChI is InChI=1S/C27H23N5O3S.C24H24N6O2S/c1-15-9-19(20-10-16(2)29-14-24(20)35-4)21(12-28-15)26(33)32-27-31-23-13-30-22(11-25(23)36-27)17-5-7-18(34-3)8-6-17;1-13-8-17(18-9-14(2)26-12-20(18)32-3)19(11-25-13)22(31)30-24-29-21-23(33-24)28-16(10-27-21)7-6-15-4-5-15/h5-14H,1-4H3,(H,31,32,33);6-12,15,21,27H,4-5H2,1-3H3,(H,29,30,31)/b;7-6+. The third-order valence-electron chi connectivity index (χ3n) is 11.2. The van der Waals surface area contributed by atoms with Crippen LogP contribution in [0.15, 0.2) is 120 Å². The van der Waals surface area contributed by atoms with Gasteiger partial charge in [0.1, 0.15) is 27.8 Å². The highest BCUT2D eigenvalue weighted by Gasteiger charge is 2.30. The van der Waals surface area contributed by atoms with Crippen LogP contribution in [-0.4, -0.2) is 79.4 Å². The molecule has 1 atom stereocenters. The first-order valence-electron chi connectivity index (χ1n) is 21.9. The Bertz CT molecular complexity index is 3250. The van der Waals surface area contributed by atoms with Gasteiger partial charge in [0, 0.05) is 69.2 Å². The number of carbonyl (C=O) groups is 2. The zero-order valence-electron chi connectivity index (χ0n) is 38.8. The lowest BCUT2D eigenvalue weighted by Gasteiger charge is -2.14. The van der Waals surface area contributed by atoms with E-state index >= 15 is 0 Å². The van der Waals surface area contributed by atoms with E-state index in [-0.39, 0.29) is 18.0 Å². The van der Waals surface area contributed by atoms with E-state index in [2.05, 4.69) is 61.9 Å². The lowest BCUT2D eigenvalue weighted by Crippen LogP contribution is -2.30. The first kappa shape index (κ1) is 46.3. The van der Waals surface area contributed by atoms with E-state index in [4.69, 9.17) is 14.2 Å². The fourth-order valence-corrected chi connectivity index (χ4v) is 9.19. The van der Waals surface area contributed by atoms with Crippen molar-refractivity contribution in [1.82, 2.24) is 40.5 Å². The quantitative estimate of drug-likeness (QED) is 0.111. The summed E-state index contributed by atoms with van der Waals surface area (Å²) in [5, 5.41) is 10.9. The summed E-state index contributed by atoms with van der Waals surface area (Å²) in [6.07, 6.45) is 16.5. The van der Waals surface area contributed by atoms with Crippen molar-refractivity contribution < 1.29 is 23.8 Å². The average Bonchev–Trinajstić information content (AvgIpc) is 3.97. The van der Waals surface area contributed by atoms with Gasteiger partial charge in [-0.05, 0) is 119 Å². The summed E-state index contributed by atoms with van der Waals surface area (Å²) in [4.78, 5) is 62.2. The zero-order valence-corrected chi connectivity index (χ0v) is 40.5. The molecule has 1 aromatic carbocycles. The van der Waals surface area contributed by atoms with E-state index < -0.39 is 0 Å². The molecule has 0 bridgehead atoms. The fourth-order valence-electron chi connectivity index (χ4n) is 7.44. The first-order valence-corrected chi connectivity index (χ1v) is 23.6. The molecule has 18 heteroatoms. The van der Waals surface area contributed by atoms with Gasteiger partial charge in [0.25, 0.3) is 11.8 Å². The Morgan fingerprint density at radius 2 is 1.28 bits per heavy atom. The number of thiazole rings is 1. The van der Waals surface area contributed by atoms with Gasteiger partial charge >= 0.3 is 0 Å². The number of thioether (sulfide) groups is 1. The van der Waals surface area contributed by atoms with Crippen LogP contribution in [0.25, 0.3) is 43.7 Å². The number of pyridine rings is 5. The smallest absolute Gasteiger partial charge is 0.259 e. The lowest BCUT2D eigenvalue weighted by atomic mass is 9.99. The van der Waals surface area contributed by atoms with E-state index in [0.717, 1.165) is 71.9 Å². The van der Waals surface area contributed by atoms with Gasteiger partial charge in [-0.25, -0.2) is 15.0 Å². The summed E-state index contributed by atoms with van der Waals surface area (Å²) < 4.78 is 17.2. The molecule has 8 heterocycles. The van der Waals surface area contributed by atoms with Gasteiger partial charge in [0.2, 0.25) is 0 Å². The molecule has 2 amide bonds. The van der Waals surface area contributed by atoms with E-state index in [1.165, 1.54) is 35.9 Å². The van der Waals surface area contributed by atoms with Gasteiger partial charge in [-0.1, -0.05) is 17.4 Å². The van der Waals surface area contributed by atoms with Crippen LogP contribution < -0.4 is 30.2 Å². The Labute approximate surface area is 406 Å². The molecule has 2 aliphatic heterocycles. The van der Waals surface area contributed by atoms with Crippen LogP contribution in [0.2, 0.25) is 0 Å². The largest absolute Gasteiger partial charge is 0.497 e. The van der Waals surface area contributed by atoms with Crippen LogP contribution >= 0.6 is 23.1 Å². The van der Waals surface area contributed by atoms with Crippen molar-refractivity contribution in [3.8, 4) is 50.8 Å². The number of nitrogens with zero attached hydrogens (tertiary/aromatic N) is 8. The second kappa shape index (κ2) is 20.2. The molecule has 0 spiro atoms. The summed E-state index contributed by atoms with van der Waals surface area (Å²) in [5.41, 5.74) is 10.5. The number of rotatable bonds is 11. The zero-order chi connectivity index (χ0) is 48.2. The summed E-state index contributed by atoms with van der Waals surface area (Å²) in [7, 11) is 4.81. The Morgan fingerprint density at radius 3 is 1.86 bits per heavy atom. The Kier molecular flexibility index (Phi) is 13.5. The second-order valence-electron chi connectivity index (χ2n) is 16.3. The second-order valence-corrected chi connectivity index (χ2v) is 18.3. The van der Waals surface area contributed by atoms with Crippen LogP contribution in [0.1, 0.15) is 56.3 Å². The molecule has 1 fully saturated rings. The van der Waals surface area contributed by atoms with E-state index in [1.807, 2.05) is 94.6 Å². The lowest BCUT2D eigenvalue weighted by molar-refractivity contribution is 0.0976. The average molecular weight is 958 g/mol. The number of fused-ring (bicyclic) bond motifs is 2. The SMILES string of the molecule is COc1ccc(-c2cc3sc(NC(=O)c4cnc(C)cc4-c4cc(C)ncc4OC)nc3cn2)cc1.COc1cnc(C)cc1-c1cc(C)ncc1C(=O)NC1=NC2NC=C(/C=C/C3CC3)N=C2S1. The van der Waals surface area contributed by atoms with Crippen LogP contribution in [-0.2, 0) is 0 Å². The number of benzene rings is 1. The number of carbonyl (C=O) groups excluding carboxylic acids is 2. The van der Waals surface area contributed by atoms with Gasteiger partial charge in [-0.15, -0.1) is 0 Å². The maximum absolute atomic E-state index is 13.4. The molecule has 0 saturated heterocycles. The van der Waals surface area contributed by atoms with Crippen LogP contribution in [0, 0.1) is 33.6 Å². The number of hydrogen-bond donors (Lipinski definition) is 3. The maximum atomic E-state index is 13.4. The Balaban J connectivity index is 0.000000172. The molecular formula is C51H47N11O5S2. The van der Waals surface area contributed by atoms with Crippen molar-refractivity contribution in [2.24, 2.45) is 15.9 Å². The van der Waals surface area contributed by atoms with Crippen molar-refractivity contribution in [3.05, 3.63) is 144 Å². The number of hydrogen-bond acceptors (Lipinski definition) is 16. The van der Waals surface area contributed by atoms with Gasteiger partial charge in [-0.2, -0.15) is 0 Å². The molecule has 7 aromatic rings. The molecule has 69 heavy (non-hydrogen) atoms. The molecule has 6 aromatic heterocycles. The number of aryl methyl sites for hydroxylation is 4. The number of aliphatic imine (C=N–C) groups is 2. The minimum absolute atomic E-state index is 0.276. The molecule has 10 rings (SSSR count). The molecule has 1 unspecified atom stereocenters. The van der Waals surface area contributed by atoms with E-state index in [1.54, 1.807) is 52.3 Å². The number of aromatic nitrogens is 6. The number of amidine groups is 1. The highest BCUT2D eigenvalue weighted by atomic mass is 32.2. The van der Waals surface area contributed by atoms with Crippen molar-refractivity contribution in [2.45, 2.75) is 46.7 Å². The summed E-state index contributed by atoms with van der Waals surface area (Å²) >= 11 is 2.75. The third-order valence-corrected chi connectivity index (χ3v) is 13.0. The van der Waals surface area contributed by atoms with Crippen molar-refractivity contribution in [1.29, 1.82) is 0 Å². The predicted octanol–water partition coefficient (Wildman–Crippen LogP) is 9.44. The minimum Gasteiger partial charge on any atom is -0.497 e. The first-order chi connectivity index (χ1) is 33.4. The molecule has 348 valence electrons. The molecule has 16 nitrogen and oxygen atoms in total. The van der Waals surface area contributed by atoms with Crippen LogP contribution in [0.3, 0.4) is 0 Å². The highest BCUT2D eigenvalue weighted by Crippen LogP contribution is 2.36. The summed E-state index contributed by atoms with van der Waals surface area (Å²) in [6, 6.07) is 17.2. The third kappa shape index (κ3) is 10.7.